The number of nitrogens with one attached hydrogen (secondary N) is 1. The Kier molecular flexibility index (Phi) is 7.58. The number of rotatable bonds is 7. The monoisotopic (exact) mass is 557 g/mol. The van der Waals surface area contributed by atoms with Crippen LogP contribution in [0.25, 0.3) is 33.2 Å². The van der Waals surface area contributed by atoms with Gasteiger partial charge in [0.05, 0.1) is 5.69 Å². The van der Waals surface area contributed by atoms with Crippen LogP contribution in [-0.2, 0) is 16.6 Å². The molecule has 1 N–H and O–H groups in total. The van der Waals surface area contributed by atoms with Crippen molar-refractivity contribution in [3.8, 4) is 22.4 Å². The Morgan fingerprint density at radius 1 is 1.00 bits per heavy atom. The van der Waals surface area contributed by atoms with Crippen molar-refractivity contribution >= 4 is 50.7 Å². The van der Waals surface area contributed by atoms with E-state index in [1.165, 1.54) is 23.0 Å². The highest BCUT2D eigenvalue weighted by molar-refractivity contribution is 7.14. The molecule has 0 aliphatic carbocycles. The zero-order valence-electron chi connectivity index (χ0n) is 21.2. The van der Waals surface area contributed by atoms with Crippen LogP contribution in [0.3, 0.4) is 0 Å². The number of hydrogen-bond donors (Lipinski definition) is 1. The Labute approximate surface area is 233 Å². The van der Waals surface area contributed by atoms with Crippen LogP contribution in [0, 0.1) is 0 Å². The van der Waals surface area contributed by atoms with Crippen LogP contribution < -0.4 is 10.9 Å². The summed E-state index contributed by atoms with van der Waals surface area (Å²) in [6.45, 7) is 1.74. The van der Waals surface area contributed by atoms with E-state index < -0.39 is 18.0 Å². The molecule has 5 aromatic rings. The number of carbonyl (C=O) groups is 2. The van der Waals surface area contributed by atoms with E-state index >= 15 is 0 Å². The van der Waals surface area contributed by atoms with Gasteiger partial charge in [-0.15, -0.1) is 11.3 Å². The summed E-state index contributed by atoms with van der Waals surface area (Å²) in [6.07, 6.45) is -0.877. The highest BCUT2D eigenvalue weighted by atomic mass is 35.5. The summed E-state index contributed by atoms with van der Waals surface area (Å²) in [6, 6.07) is 23.8. The minimum Gasteiger partial charge on any atom is -0.448 e. The third-order valence-corrected chi connectivity index (χ3v) is 7.44. The topological polar surface area (TPSA) is 90.3 Å². The number of fused-ring (bicyclic) bond motifs is 1. The Balaban J connectivity index is 1.45. The van der Waals surface area contributed by atoms with E-state index in [4.69, 9.17) is 16.3 Å². The van der Waals surface area contributed by atoms with Gasteiger partial charge in [-0.3, -0.25) is 14.9 Å². The molecule has 0 saturated carbocycles. The van der Waals surface area contributed by atoms with Gasteiger partial charge in [0.15, 0.2) is 11.2 Å². The second-order valence-electron chi connectivity index (χ2n) is 8.81. The van der Waals surface area contributed by atoms with Gasteiger partial charge < -0.3 is 9.30 Å². The van der Waals surface area contributed by atoms with Crippen LogP contribution in [0.1, 0.15) is 23.8 Å². The number of esters is 1. The van der Waals surface area contributed by atoms with E-state index in [2.05, 4.69) is 10.3 Å². The quantitative estimate of drug-likeness (QED) is 0.229. The number of ether oxygens (including phenoxy) is 1. The summed E-state index contributed by atoms with van der Waals surface area (Å²) in [5, 5.41) is 6.55. The number of aromatic nitrogens is 2. The second kappa shape index (κ2) is 11.2. The number of pyridine rings is 1. The maximum absolute atomic E-state index is 13.6. The SMILES string of the molecule is CCC(OC(=O)c1c(-c2ccccc2)c2ccccc2c(=O)n1C)C(=O)Nc1nc(-c2ccccc2Cl)cs1. The van der Waals surface area contributed by atoms with E-state index in [0.29, 0.717) is 32.2 Å². The third-order valence-electron chi connectivity index (χ3n) is 6.36. The van der Waals surface area contributed by atoms with Crippen LogP contribution in [0.15, 0.2) is 89.0 Å². The van der Waals surface area contributed by atoms with Gasteiger partial charge in [0, 0.05) is 34.0 Å². The molecule has 0 aliphatic rings. The molecule has 2 aromatic heterocycles. The smallest absolute Gasteiger partial charge is 0.356 e. The fourth-order valence-corrected chi connectivity index (χ4v) is 5.36. The minimum absolute atomic E-state index is 0.0754. The average molecular weight is 558 g/mol. The first kappa shape index (κ1) is 26.3. The van der Waals surface area contributed by atoms with Crippen molar-refractivity contribution in [1.82, 2.24) is 9.55 Å². The van der Waals surface area contributed by atoms with Crippen molar-refractivity contribution in [2.24, 2.45) is 7.05 Å². The maximum Gasteiger partial charge on any atom is 0.356 e. The molecule has 2 heterocycles. The molecule has 1 unspecified atom stereocenters. The number of benzene rings is 3. The Morgan fingerprint density at radius 3 is 2.38 bits per heavy atom. The summed E-state index contributed by atoms with van der Waals surface area (Å²) < 4.78 is 7.01. The number of halogens is 1. The fraction of sp³-hybridized carbons (Fsp3) is 0.133. The van der Waals surface area contributed by atoms with Gasteiger partial charge in [0.1, 0.15) is 5.69 Å². The average Bonchev–Trinajstić information content (AvgIpc) is 3.42. The van der Waals surface area contributed by atoms with E-state index in [0.717, 1.165) is 11.1 Å². The largest absolute Gasteiger partial charge is 0.448 e. The van der Waals surface area contributed by atoms with Crippen molar-refractivity contribution in [2.75, 3.05) is 5.32 Å². The molecule has 1 amide bonds. The fourth-order valence-electron chi connectivity index (χ4n) is 4.42. The van der Waals surface area contributed by atoms with Gasteiger partial charge in [-0.25, -0.2) is 9.78 Å². The van der Waals surface area contributed by atoms with Crippen LogP contribution in [0.2, 0.25) is 5.02 Å². The number of thiazole rings is 1. The van der Waals surface area contributed by atoms with Gasteiger partial charge >= 0.3 is 5.97 Å². The first-order valence-electron chi connectivity index (χ1n) is 12.3. The molecule has 9 heteroatoms. The molecule has 5 rings (SSSR count). The van der Waals surface area contributed by atoms with Crippen molar-refractivity contribution in [3.63, 3.8) is 0 Å². The first-order valence-corrected chi connectivity index (χ1v) is 13.5. The van der Waals surface area contributed by atoms with Crippen LogP contribution >= 0.6 is 22.9 Å². The number of amides is 1. The van der Waals surface area contributed by atoms with Gasteiger partial charge in [0.2, 0.25) is 0 Å². The molecule has 39 heavy (non-hydrogen) atoms. The van der Waals surface area contributed by atoms with Crippen molar-refractivity contribution < 1.29 is 14.3 Å². The van der Waals surface area contributed by atoms with Gasteiger partial charge in [0.25, 0.3) is 11.5 Å². The summed E-state index contributed by atoms with van der Waals surface area (Å²) in [5.74, 6) is -1.28. The Morgan fingerprint density at radius 2 is 1.67 bits per heavy atom. The van der Waals surface area contributed by atoms with E-state index in [-0.39, 0.29) is 17.7 Å². The molecule has 0 fully saturated rings. The number of anilines is 1. The summed E-state index contributed by atoms with van der Waals surface area (Å²) in [5.41, 5.74) is 2.45. The lowest BCUT2D eigenvalue weighted by Crippen LogP contribution is -2.34. The molecular formula is C30H24ClN3O4S. The highest BCUT2D eigenvalue weighted by Crippen LogP contribution is 2.32. The first-order chi connectivity index (χ1) is 18.9. The second-order valence-corrected chi connectivity index (χ2v) is 10.1. The van der Waals surface area contributed by atoms with Gasteiger partial charge in [-0.1, -0.05) is 85.3 Å². The molecule has 0 radical (unpaired) electrons. The number of hydrogen-bond acceptors (Lipinski definition) is 6. The zero-order valence-corrected chi connectivity index (χ0v) is 22.8. The summed E-state index contributed by atoms with van der Waals surface area (Å²) >= 11 is 7.52. The van der Waals surface area contributed by atoms with Crippen LogP contribution in [0.4, 0.5) is 5.13 Å². The molecule has 0 saturated heterocycles. The lowest BCUT2D eigenvalue weighted by Gasteiger charge is -2.20. The molecule has 0 bridgehead atoms. The Bertz CT molecular complexity index is 1750. The van der Waals surface area contributed by atoms with Crippen molar-refractivity contribution in [3.05, 3.63) is 105 Å². The predicted octanol–water partition coefficient (Wildman–Crippen LogP) is 6.56. The molecule has 196 valence electrons. The Hall–Kier alpha value is -4.27. The maximum atomic E-state index is 13.6. The van der Waals surface area contributed by atoms with Crippen LogP contribution in [0.5, 0.6) is 0 Å². The lowest BCUT2D eigenvalue weighted by atomic mass is 9.97. The van der Waals surface area contributed by atoms with E-state index in [1.54, 1.807) is 36.6 Å². The molecule has 0 aliphatic heterocycles. The number of carbonyl (C=O) groups excluding carboxylic acids is 2. The van der Waals surface area contributed by atoms with Gasteiger partial charge in [-0.2, -0.15) is 0 Å². The zero-order chi connectivity index (χ0) is 27.5. The van der Waals surface area contributed by atoms with Crippen molar-refractivity contribution in [1.29, 1.82) is 0 Å². The minimum atomic E-state index is -1.10. The summed E-state index contributed by atoms with van der Waals surface area (Å²) in [7, 11) is 1.53. The van der Waals surface area contributed by atoms with E-state index in [9.17, 15) is 14.4 Å². The van der Waals surface area contributed by atoms with E-state index in [1.807, 2.05) is 54.6 Å². The molecule has 3 aromatic carbocycles. The van der Waals surface area contributed by atoms with Crippen molar-refractivity contribution in [2.45, 2.75) is 19.4 Å². The van der Waals surface area contributed by atoms with Crippen LogP contribution in [-0.4, -0.2) is 27.5 Å². The highest BCUT2D eigenvalue weighted by Gasteiger charge is 2.28. The predicted molar refractivity (Wildman–Crippen MR) is 155 cm³/mol. The third kappa shape index (κ3) is 5.21. The molecular weight excluding hydrogens is 534 g/mol. The normalized spacial score (nSPS) is 11.8. The number of nitrogens with zero attached hydrogens (tertiary/aromatic N) is 2. The lowest BCUT2D eigenvalue weighted by molar-refractivity contribution is -0.124. The standard InChI is InChI=1S/C30H24ClN3O4S/c1-3-24(27(35)33-30-32-23(17-39-30)21-15-9-10-16-22(21)31)38-29(37)26-25(18-11-5-4-6-12-18)19-13-7-8-14-20(19)28(36)34(26)2/h4-17,24H,3H2,1-2H3,(H,32,33,35). The molecule has 7 nitrogen and oxygen atoms in total. The van der Waals surface area contributed by atoms with Gasteiger partial charge in [-0.05, 0) is 29.5 Å². The molecule has 0 spiro atoms. The summed E-state index contributed by atoms with van der Waals surface area (Å²) in [4.78, 5) is 44.4. The molecule has 1 atom stereocenters.